The molecule has 0 atom stereocenters. The summed E-state index contributed by atoms with van der Waals surface area (Å²) >= 11 is 12.0. The third-order valence-electron chi connectivity index (χ3n) is 2.33. The maximum absolute atomic E-state index is 6.09. The molecule has 1 heterocycles. The predicted molar refractivity (Wildman–Crippen MR) is 78.1 cm³/mol. The molecule has 0 aliphatic carbocycles. The molecule has 2 aromatic rings. The van der Waals surface area contributed by atoms with Crippen molar-refractivity contribution in [2.24, 2.45) is 0 Å². The first-order valence-corrected chi connectivity index (χ1v) is 6.36. The van der Waals surface area contributed by atoms with E-state index in [4.69, 9.17) is 23.2 Å². The van der Waals surface area contributed by atoms with Crippen molar-refractivity contribution < 1.29 is 0 Å². The normalized spacial score (nSPS) is 10.2. The molecule has 5 heteroatoms. The Kier molecular flexibility index (Phi) is 4.28. The van der Waals surface area contributed by atoms with Crippen LogP contribution in [0.2, 0.25) is 10.0 Å². The van der Waals surface area contributed by atoms with Gasteiger partial charge in [0.1, 0.15) is 5.82 Å². The van der Waals surface area contributed by atoms with Gasteiger partial charge in [-0.05, 0) is 31.2 Å². The molecule has 0 spiro atoms. The number of aromatic nitrogens is 1. The van der Waals surface area contributed by atoms with Gasteiger partial charge in [-0.25, -0.2) is 4.98 Å². The molecule has 3 nitrogen and oxygen atoms in total. The third kappa shape index (κ3) is 3.28. The lowest BCUT2D eigenvalue weighted by molar-refractivity contribution is 1.16. The van der Waals surface area contributed by atoms with Gasteiger partial charge in [0.05, 0.1) is 10.7 Å². The summed E-state index contributed by atoms with van der Waals surface area (Å²) in [5, 5.41) is 7.63. The lowest BCUT2D eigenvalue weighted by Crippen LogP contribution is -2.00. The molecule has 94 valence electrons. The van der Waals surface area contributed by atoms with E-state index in [-0.39, 0.29) is 0 Å². The second kappa shape index (κ2) is 5.94. The molecule has 0 saturated heterocycles. The molecular formula is C13H13Cl2N3. The van der Waals surface area contributed by atoms with Crippen molar-refractivity contribution in [3.05, 3.63) is 46.6 Å². The van der Waals surface area contributed by atoms with E-state index in [0.717, 1.165) is 23.7 Å². The van der Waals surface area contributed by atoms with Crippen molar-refractivity contribution in [1.82, 2.24) is 4.98 Å². The Morgan fingerprint density at radius 3 is 2.78 bits per heavy atom. The van der Waals surface area contributed by atoms with Gasteiger partial charge in [0.25, 0.3) is 0 Å². The molecule has 2 N–H and O–H groups in total. The Hall–Kier alpha value is -1.45. The Morgan fingerprint density at radius 1 is 1.17 bits per heavy atom. The quantitative estimate of drug-likeness (QED) is 0.862. The van der Waals surface area contributed by atoms with Crippen molar-refractivity contribution in [2.75, 3.05) is 17.2 Å². The summed E-state index contributed by atoms with van der Waals surface area (Å²) in [6, 6.07) is 9.10. The predicted octanol–water partition coefficient (Wildman–Crippen LogP) is 4.56. The highest BCUT2D eigenvalue weighted by molar-refractivity contribution is 6.35. The van der Waals surface area contributed by atoms with Gasteiger partial charge in [-0.15, -0.1) is 0 Å². The molecule has 0 radical (unpaired) electrons. The van der Waals surface area contributed by atoms with Crippen LogP contribution in [-0.4, -0.2) is 11.5 Å². The molecule has 2 rings (SSSR count). The smallest absolute Gasteiger partial charge is 0.127 e. The minimum atomic E-state index is 0.626. The Morgan fingerprint density at radius 2 is 2.00 bits per heavy atom. The minimum absolute atomic E-state index is 0.626. The number of nitrogens with one attached hydrogen (secondary N) is 2. The van der Waals surface area contributed by atoms with Gasteiger partial charge in [-0.3, -0.25) is 0 Å². The molecule has 0 unspecified atom stereocenters. The zero-order valence-corrected chi connectivity index (χ0v) is 11.4. The molecule has 0 fully saturated rings. The standard InChI is InChI=1S/C13H13Cl2N3/c1-2-16-13-8-10(5-6-17-13)18-12-7-9(14)3-4-11(12)15/h3-8H,2H2,1H3,(H2,16,17,18). The van der Waals surface area contributed by atoms with Crippen molar-refractivity contribution in [3.8, 4) is 0 Å². The summed E-state index contributed by atoms with van der Waals surface area (Å²) in [4.78, 5) is 4.20. The highest BCUT2D eigenvalue weighted by Gasteiger charge is 2.02. The fourth-order valence-electron chi connectivity index (χ4n) is 1.53. The number of halogens is 2. The summed E-state index contributed by atoms with van der Waals surface area (Å²) in [6.45, 7) is 2.85. The highest BCUT2D eigenvalue weighted by atomic mass is 35.5. The van der Waals surface area contributed by atoms with E-state index in [9.17, 15) is 0 Å². The zero-order valence-electron chi connectivity index (χ0n) is 9.87. The van der Waals surface area contributed by atoms with Gasteiger partial charge >= 0.3 is 0 Å². The summed E-state index contributed by atoms with van der Waals surface area (Å²) in [7, 11) is 0. The Labute approximate surface area is 116 Å². The average molecular weight is 282 g/mol. The fourth-order valence-corrected chi connectivity index (χ4v) is 1.87. The van der Waals surface area contributed by atoms with Gasteiger partial charge in [0, 0.05) is 29.5 Å². The van der Waals surface area contributed by atoms with Crippen LogP contribution in [0.25, 0.3) is 0 Å². The summed E-state index contributed by atoms with van der Waals surface area (Å²) in [5.41, 5.74) is 1.68. The lowest BCUT2D eigenvalue weighted by atomic mass is 10.3. The number of nitrogens with zero attached hydrogens (tertiary/aromatic N) is 1. The lowest BCUT2D eigenvalue weighted by Gasteiger charge is -2.10. The topological polar surface area (TPSA) is 37.0 Å². The van der Waals surface area contributed by atoms with Crippen molar-refractivity contribution >= 4 is 40.4 Å². The van der Waals surface area contributed by atoms with Crippen LogP contribution in [0.4, 0.5) is 17.2 Å². The molecule has 0 aliphatic heterocycles. The molecule has 0 bridgehead atoms. The van der Waals surface area contributed by atoms with E-state index in [2.05, 4.69) is 15.6 Å². The minimum Gasteiger partial charge on any atom is -0.370 e. The third-order valence-corrected chi connectivity index (χ3v) is 2.89. The second-order valence-electron chi connectivity index (χ2n) is 3.71. The van der Waals surface area contributed by atoms with Crippen LogP contribution in [-0.2, 0) is 0 Å². The van der Waals surface area contributed by atoms with Crippen LogP contribution in [0.1, 0.15) is 6.92 Å². The molecule has 0 saturated carbocycles. The molecule has 0 aliphatic rings. The average Bonchev–Trinajstić information content (AvgIpc) is 2.35. The van der Waals surface area contributed by atoms with Gasteiger partial charge in [-0.2, -0.15) is 0 Å². The van der Waals surface area contributed by atoms with Crippen molar-refractivity contribution in [1.29, 1.82) is 0 Å². The van der Waals surface area contributed by atoms with Crippen molar-refractivity contribution in [3.63, 3.8) is 0 Å². The number of benzene rings is 1. The van der Waals surface area contributed by atoms with E-state index in [0.29, 0.717) is 10.0 Å². The maximum Gasteiger partial charge on any atom is 0.127 e. The molecular weight excluding hydrogens is 269 g/mol. The molecule has 0 amide bonds. The van der Waals surface area contributed by atoms with Gasteiger partial charge in [0.2, 0.25) is 0 Å². The summed E-state index contributed by atoms with van der Waals surface area (Å²) < 4.78 is 0. The SMILES string of the molecule is CCNc1cc(Nc2cc(Cl)ccc2Cl)ccn1. The van der Waals surface area contributed by atoms with Gasteiger partial charge in [0.15, 0.2) is 0 Å². The second-order valence-corrected chi connectivity index (χ2v) is 4.55. The molecule has 1 aromatic carbocycles. The van der Waals surface area contributed by atoms with Crippen LogP contribution in [0.15, 0.2) is 36.5 Å². The highest BCUT2D eigenvalue weighted by Crippen LogP contribution is 2.28. The van der Waals surface area contributed by atoms with Crippen LogP contribution in [0.3, 0.4) is 0 Å². The number of pyridine rings is 1. The molecule has 18 heavy (non-hydrogen) atoms. The van der Waals surface area contributed by atoms with E-state index >= 15 is 0 Å². The number of hydrogen-bond acceptors (Lipinski definition) is 3. The zero-order chi connectivity index (χ0) is 13.0. The molecule has 1 aromatic heterocycles. The first kappa shape index (κ1) is 13.0. The number of anilines is 3. The van der Waals surface area contributed by atoms with E-state index in [1.54, 1.807) is 24.4 Å². The Bertz CT molecular complexity index is 544. The monoisotopic (exact) mass is 281 g/mol. The van der Waals surface area contributed by atoms with Crippen LogP contribution in [0.5, 0.6) is 0 Å². The van der Waals surface area contributed by atoms with Crippen LogP contribution >= 0.6 is 23.2 Å². The van der Waals surface area contributed by atoms with Crippen LogP contribution < -0.4 is 10.6 Å². The first-order chi connectivity index (χ1) is 8.69. The summed E-state index contributed by atoms with van der Waals surface area (Å²) in [6.07, 6.45) is 1.73. The van der Waals surface area contributed by atoms with E-state index < -0.39 is 0 Å². The van der Waals surface area contributed by atoms with Crippen LogP contribution in [0, 0.1) is 0 Å². The number of rotatable bonds is 4. The number of hydrogen-bond donors (Lipinski definition) is 2. The van der Waals surface area contributed by atoms with E-state index in [1.807, 2.05) is 19.1 Å². The first-order valence-electron chi connectivity index (χ1n) is 5.61. The summed E-state index contributed by atoms with van der Waals surface area (Å²) in [5.74, 6) is 0.820. The Balaban J connectivity index is 2.22. The maximum atomic E-state index is 6.09. The van der Waals surface area contributed by atoms with E-state index in [1.165, 1.54) is 0 Å². The van der Waals surface area contributed by atoms with Gasteiger partial charge in [-0.1, -0.05) is 23.2 Å². The fraction of sp³-hybridized carbons (Fsp3) is 0.154. The van der Waals surface area contributed by atoms with Gasteiger partial charge < -0.3 is 10.6 Å². The van der Waals surface area contributed by atoms with Crippen molar-refractivity contribution in [2.45, 2.75) is 6.92 Å². The largest absolute Gasteiger partial charge is 0.370 e.